The minimum absolute atomic E-state index is 0.00374. The van der Waals surface area contributed by atoms with Crippen molar-refractivity contribution in [3.63, 3.8) is 0 Å². The van der Waals surface area contributed by atoms with Crippen molar-refractivity contribution in [2.24, 2.45) is 11.8 Å². The molecular formula is C19H27NO5. The molecule has 4 atom stereocenters. The van der Waals surface area contributed by atoms with E-state index in [1.807, 2.05) is 12.1 Å². The number of rotatable bonds is 5. The van der Waals surface area contributed by atoms with Crippen LogP contribution in [0.3, 0.4) is 0 Å². The molecule has 25 heavy (non-hydrogen) atoms. The van der Waals surface area contributed by atoms with Crippen molar-refractivity contribution in [3.8, 4) is 11.5 Å². The van der Waals surface area contributed by atoms with Gasteiger partial charge >= 0.3 is 5.97 Å². The van der Waals surface area contributed by atoms with E-state index >= 15 is 0 Å². The lowest BCUT2D eigenvalue weighted by Crippen LogP contribution is -2.48. The van der Waals surface area contributed by atoms with Crippen LogP contribution in [0.25, 0.3) is 0 Å². The third-order valence-electron chi connectivity index (χ3n) is 5.67. The summed E-state index contributed by atoms with van der Waals surface area (Å²) >= 11 is 0. The second kappa shape index (κ2) is 7.22. The van der Waals surface area contributed by atoms with Crippen LogP contribution in [0.2, 0.25) is 0 Å². The molecule has 3 rings (SSSR count). The minimum atomic E-state index is -0.796. The number of benzene rings is 1. The highest BCUT2D eigenvalue weighted by Gasteiger charge is 2.39. The molecule has 138 valence electrons. The van der Waals surface area contributed by atoms with E-state index in [2.05, 4.69) is 4.90 Å². The summed E-state index contributed by atoms with van der Waals surface area (Å²) in [6, 6.07) is 4.21. The lowest BCUT2D eigenvalue weighted by molar-refractivity contribution is -0.142. The number of ether oxygens (including phenoxy) is 2. The number of aliphatic hydroxyl groups is 1. The number of aliphatic hydroxyl groups excluding tert-OH is 1. The highest BCUT2D eigenvalue weighted by atomic mass is 16.5. The number of carboxylic acids is 1. The molecule has 0 spiro atoms. The topological polar surface area (TPSA) is 79.2 Å². The van der Waals surface area contributed by atoms with E-state index in [0.29, 0.717) is 18.6 Å². The minimum Gasteiger partial charge on any atom is -0.493 e. The first-order valence-corrected chi connectivity index (χ1v) is 8.84. The number of aliphatic carboxylic acids is 1. The van der Waals surface area contributed by atoms with Gasteiger partial charge in [0.15, 0.2) is 11.5 Å². The number of nitrogens with zero attached hydrogens (tertiary/aromatic N) is 1. The molecule has 1 aromatic rings. The Hall–Kier alpha value is -1.79. The van der Waals surface area contributed by atoms with Gasteiger partial charge in [-0.25, -0.2) is 0 Å². The van der Waals surface area contributed by atoms with Gasteiger partial charge in [0.25, 0.3) is 0 Å². The first kappa shape index (κ1) is 18.0. The molecule has 2 aliphatic heterocycles. The van der Waals surface area contributed by atoms with Gasteiger partial charge in [0.2, 0.25) is 0 Å². The molecule has 1 saturated heterocycles. The standard InChI is InChI=1S/C19H27NO5/c1-11(19(22)23)6-13-10-20-5-4-12-7-17(24-2)18(25-3)8-14(12)15(20)9-16(13)21/h7-8,11,13,15-16,21H,4-6,9-10H2,1-3H3,(H,22,23)/t11-,13-,15-,16+/m1/s1. The van der Waals surface area contributed by atoms with Gasteiger partial charge in [-0.1, -0.05) is 6.92 Å². The molecule has 6 nitrogen and oxygen atoms in total. The highest BCUT2D eigenvalue weighted by Crippen LogP contribution is 2.43. The van der Waals surface area contributed by atoms with Crippen molar-refractivity contribution in [3.05, 3.63) is 23.3 Å². The van der Waals surface area contributed by atoms with Gasteiger partial charge in [-0.15, -0.1) is 0 Å². The second-order valence-electron chi connectivity index (χ2n) is 7.20. The summed E-state index contributed by atoms with van der Waals surface area (Å²) < 4.78 is 10.8. The van der Waals surface area contributed by atoms with Gasteiger partial charge in [0.1, 0.15) is 0 Å². The van der Waals surface area contributed by atoms with Gasteiger partial charge in [-0.3, -0.25) is 9.69 Å². The monoisotopic (exact) mass is 349 g/mol. The Morgan fingerprint density at radius 1 is 1.32 bits per heavy atom. The van der Waals surface area contributed by atoms with Gasteiger partial charge < -0.3 is 19.7 Å². The van der Waals surface area contributed by atoms with Gasteiger partial charge in [0, 0.05) is 19.1 Å². The van der Waals surface area contributed by atoms with Crippen LogP contribution in [0.4, 0.5) is 0 Å². The van der Waals surface area contributed by atoms with Crippen LogP contribution in [-0.4, -0.2) is 54.5 Å². The predicted octanol–water partition coefficient (Wildman–Crippen LogP) is 2.09. The van der Waals surface area contributed by atoms with Gasteiger partial charge in [0.05, 0.1) is 26.2 Å². The average molecular weight is 349 g/mol. The number of hydrogen-bond donors (Lipinski definition) is 2. The maximum Gasteiger partial charge on any atom is 0.306 e. The molecule has 0 aromatic heterocycles. The fraction of sp³-hybridized carbons (Fsp3) is 0.632. The first-order valence-electron chi connectivity index (χ1n) is 8.84. The summed E-state index contributed by atoms with van der Waals surface area (Å²) in [4.78, 5) is 13.5. The maximum atomic E-state index is 11.1. The van der Waals surface area contributed by atoms with Crippen LogP contribution in [0.5, 0.6) is 11.5 Å². The fourth-order valence-corrected chi connectivity index (χ4v) is 4.21. The molecule has 1 fully saturated rings. The summed E-state index contributed by atoms with van der Waals surface area (Å²) in [5.74, 6) is 0.218. The van der Waals surface area contributed by atoms with Crippen LogP contribution < -0.4 is 9.47 Å². The number of carboxylic acid groups (broad SMARTS) is 1. The summed E-state index contributed by atoms with van der Waals surface area (Å²) in [6.45, 7) is 3.36. The Morgan fingerprint density at radius 2 is 2.00 bits per heavy atom. The SMILES string of the molecule is COc1cc2c(cc1OC)[C@H]1C[C@H](O)[C@H](C[C@@H](C)C(=O)O)CN1CC2. The molecular weight excluding hydrogens is 322 g/mol. The zero-order valence-corrected chi connectivity index (χ0v) is 15.1. The van der Waals surface area contributed by atoms with Crippen LogP contribution >= 0.6 is 0 Å². The quantitative estimate of drug-likeness (QED) is 0.847. The smallest absolute Gasteiger partial charge is 0.306 e. The Kier molecular flexibility index (Phi) is 5.20. The average Bonchev–Trinajstić information content (AvgIpc) is 2.60. The third kappa shape index (κ3) is 3.46. The highest BCUT2D eigenvalue weighted by molar-refractivity contribution is 5.69. The number of carbonyl (C=O) groups is 1. The van der Waals surface area contributed by atoms with Crippen molar-refractivity contribution in [1.29, 1.82) is 0 Å². The number of methoxy groups -OCH3 is 2. The predicted molar refractivity (Wildman–Crippen MR) is 93.1 cm³/mol. The molecule has 0 unspecified atom stereocenters. The number of piperidine rings is 1. The van der Waals surface area contributed by atoms with E-state index < -0.39 is 18.0 Å². The molecule has 0 bridgehead atoms. The molecule has 0 amide bonds. The van der Waals surface area contributed by atoms with Crippen LogP contribution in [0.1, 0.15) is 36.9 Å². The molecule has 6 heteroatoms. The zero-order chi connectivity index (χ0) is 18.1. The van der Waals surface area contributed by atoms with E-state index in [9.17, 15) is 9.90 Å². The third-order valence-corrected chi connectivity index (χ3v) is 5.67. The van der Waals surface area contributed by atoms with Crippen molar-refractivity contribution < 1.29 is 24.5 Å². The zero-order valence-electron chi connectivity index (χ0n) is 15.1. The number of fused-ring (bicyclic) bond motifs is 3. The van der Waals surface area contributed by atoms with E-state index in [-0.39, 0.29) is 12.0 Å². The van der Waals surface area contributed by atoms with Crippen molar-refractivity contribution in [2.45, 2.75) is 38.3 Å². The summed E-state index contributed by atoms with van der Waals surface area (Å²) in [5.41, 5.74) is 2.43. The molecule has 2 aliphatic rings. The number of hydrogen-bond acceptors (Lipinski definition) is 5. The molecule has 2 heterocycles. The van der Waals surface area contributed by atoms with Crippen LogP contribution in [0, 0.1) is 11.8 Å². The fourth-order valence-electron chi connectivity index (χ4n) is 4.21. The second-order valence-corrected chi connectivity index (χ2v) is 7.20. The largest absolute Gasteiger partial charge is 0.493 e. The summed E-state index contributed by atoms with van der Waals surface area (Å²) in [5, 5.41) is 19.8. The Labute approximate surface area is 148 Å². The first-order chi connectivity index (χ1) is 11.9. The van der Waals surface area contributed by atoms with Gasteiger partial charge in [-0.2, -0.15) is 0 Å². The lowest BCUT2D eigenvalue weighted by atomic mass is 9.79. The van der Waals surface area contributed by atoms with Crippen molar-refractivity contribution >= 4 is 5.97 Å². The Morgan fingerprint density at radius 3 is 2.64 bits per heavy atom. The maximum absolute atomic E-state index is 11.1. The Bertz CT molecular complexity index is 647. The van der Waals surface area contributed by atoms with E-state index in [1.54, 1.807) is 21.1 Å². The summed E-state index contributed by atoms with van der Waals surface area (Å²) in [7, 11) is 3.27. The van der Waals surface area contributed by atoms with Gasteiger partial charge in [-0.05, 0) is 48.4 Å². The molecule has 0 saturated carbocycles. The van der Waals surface area contributed by atoms with E-state index in [1.165, 1.54) is 11.1 Å². The van der Waals surface area contributed by atoms with E-state index in [0.717, 1.165) is 25.3 Å². The lowest BCUT2D eigenvalue weighted by Gasteiger charge is -2.46. The molecule has 1 aromatic carbocycles. The molecule has 0 aliphatic carbocycles. The van der Waals surface area contributed by atoms with Crippen LogP contribution in [-0.2, 0) is 11.2 Å². The molecule has 0 radical (unpaired) electrons. The summed E-state index contributed by atoms with van der Waals surface area (Å²) in [6.07, 6.45) is 1.57. The van der Waals surface area contributed by atoms with Crippen molar-refractivity contribution in [1.82, 2.24) is 4.90 Å². The normalized spacial score (nSPS) is 27.1. The van der Waals surface area contributed by atoms with E-state index in [4.69, 9.17) is 14.6 Å². The van der Waals surface area contributed by atoms with Crippen molar-refractivity contribution in [2.75, 3.05) is 27.3 Å². The van der Waals surface area contributed by atoms with Crippen LogP contribution in [0.15, 0.2) is 12.1 Å². The Balaban J connectivity index is 1.82. The molecule has 2 N–H and O–H groups in total.